The summed E-state index contributed by atoms with van der Waals surface area (Å²) in [6.07, 6.45) is 5.72. The summed E-state index contributed by atoms with van der Waals surface area (Å²) >= 11 is 7.04. The van der Waals surface area contributed by atoms with Crippen LogP contribution in [0.4, 0.5) is 0 Å². The van der Waals surface area contributed by atoms with Gasteiger partial charge in [0.05, 0.1) is 3.39 Å². The molecule has 10 heavy (non-hydrogen) atoms. The van der Waals surface area contributed by atoms with Crippen molar-refractivity contribution >= 4 is 31.9 Å². The molecule has 0 saturated heterocycles. The Kier molecular flexibility index (Phi) is 1.94. The van der Waals surface area contributed by atoms with Crippen molar-refractivity contribution in [3.05, 3.63) is 8.96 Å². The van der Waals surface area contributed by atoms with E-state index in [9.17, 15) is 0 Å². The third kappa shape index (κ3) is 1.00. The van der Waals surface area contributed by atoms with Crippen LogP contribution in [0.25, 0.3) is 0 Å². The second kappa shape index (κ2) is 2.63. The van der Waals surface area contributed by atoms with E-state index in [1.165, 1.54) is 29.1 Å². The molecule has 0 aliphatic heterocycles. The van der Waals surface area contributed by atoms with Gasteiger partial charge >= 0.3 is 0 Å². The molecule has 0 aromatic carbocycles. The van der Waals surface area contributed by atoms with Crippen molar-refractivity contribution in [2.45, 2.75) is 25.7 Å². The van der Waals surface area contributed by atoms with Gasteiger partial charge in [0, 0.05) is 0 Å². The second-order valence-corrected chi connectivity index (χ2v) is 5.91. The van der Waals surface area contributed by atoms with Crippen LogP contribution in [0.3, 0.4) is 0 Å². The van der Waals surface area contributed by atoms with Crippen molar-refractivity contribution in [2.24, 2.45) is 11.8 Å². The fourth-order valence-electron chi connectivity index (χ4n) is 2.36. The Morgan fingerprint density at radius 1 is 1.00 bits per heavy atom. The Labute approximate surface area is 78.3 Å². The van der Waals surface area contributed by atoms with E-state index in [4.69, 9.17) is 0 Å². The molecule has 0 heterocycles. The molecule has 0 radical (unpaired) electrons. The third-order valence-electron chi connectivity index (χ3n) is 2.83. The van der Waals surface area contributed by atoms with Crippen LogP contribution in [0.1, 0.15) is 25.7 Å². The Morgan fingerprint density at radius 3 is 1.60 bits per heavy atom. The number of allylic oxidation sites excluding steroid dienone is 1. The van der Waals surface area contributed by atoms with Gasteiger partial charge in [-0.05, 0) is 75.0 Å². The molecule has 0 aromatic heterocycles. The molecule has 0 N–H and O–H groups in total. The molecule has 2 bridgehead atoms. The Hall–Kier alpha value is 0.700. The highest BCUT2D eigenvalue weighted by atomic mass is 79.9. The fourth-order valence-corrected chi connectivity index (χ4v) is 3.65. The first-order valence-electron chi connectivity index (χ1n) is 3.84. The quantitative estimate of drug-likeness (QED) is 0.625. The summed E-state index contributed by atoms with van der Waals surface area (Å²) in [7, 11) is 0. The maximum absolute atomic E-state index is 3.52. The summed E-state index contributed by atoms with van der Waals surface area (Å²) in [5.41, 5.74) is 1.67. The largest absolute Gasteiger partial charge is 0.0601 e. The van der Waals surface area contributed by atoms with Crippen LogP contribution < -0.4 is 0 Å². The van der Waals surface area contributed by atoms with Gasteiger partial charge in [-0.3, -0.25) is 0 Å². The zero-order chi connectivity index (χ0) is 7.14. The lowest BCUT2D eigenvalue weighted by Gasteiger charge is -2.04. The maximum Gasteiger partial charge on any atom is 0.0601 e. The first kappa shape index (κ1) is 7.35. The molecule has 0 amide bonds. The van der Waals surface area contributed by atoms with Gasteiger partial charge < -0.3 is 0 Å². The summed E-state index contributed by atoms with van der Waals surface area (Å²) in [4.78, 5) is 0. The van der Waals surface area contributed by atoms with Gasteiger partial charge in [-0.1, -0.05) is 0 Å². The lowest BCUT2D eigenvalue weighted by molar-refractivity contribution is 0.480. The second-order valence-electron chi connectivity index (χ2n) is 3.26. The third-order valence-corrected chi connectivity index (χ3v) is 3.74. The van der Waals surface area contributed by atoms with E-state index in [1.807, 2.05) is 0 Å². The molecule has 0 aromatic rings. The molecular weight excluding hydrogens is 256 g/mol. The number of hydrogen-bond donors (Lipinski definition) is 0. The van der Waals surface area contributed by atoms with E-state index < -0.39 is 0 Å². The lowest BCUT2D eigenvalue weighted by atomic mass is 10.0. The molecule has 2 heteroatoms. The minimum Gasteiger partial charge on any atom is -0.0460 e. The first-order chi connectivity index (χ1) is 4.79. The SMILES string of the molecule is BrC(Br)=C1C2CCC1CC2. The molecule has 2 saturated carbocycles. The molecule has 0 spiro atoms. The van der Waals surface area contributed by atoms with Crippen LogP contribution in [0.15, 0.2) is 8.96 Å². The molecular formula is C8H10Br2. The summed E-state index contributed by atoms with van der Waals surface area (Å²) < 4.78 is 1.24. The Bertz CT molecular complexity index is 158. The van der Waals surface area contributed by atoms with Gasteiger partial charge in [0.1, 0.15) is 0 Å². The van der Waals surface area contributed by atoms with Gasteiger partial charge in [-0.25, -0.2) is 0 Å². The van der Waals surface area contributed by atoms with E-state index >= 15 is 0 Å². The van der Waals surface area contributed by atoms with Crippen LogP contribution in [-0.4, -0.2) is 0 Å². The van der Waals surface area contributed by atoms with Crippen LogP contribution >= 0.6 is 31.9 Å². The maximum atomic E-state index is 3.52. The molecule has 2 fully saturated rings. The van der Waals surface area contributed by atoms with E-state index in [0.717, 1.165) is 11.8 Å². The average Bonchev–Trinajstić information content (AvgIpc) is 2.43. The van der Waals surface area contributed by atoms with Crippen LogP contribution in [-0.2, 0) is 0 Å². The van der Waals surface area contributed by atoms with Crippen LogP contribution in [0.2, 0.25) is 0 Å². The average molecular weight is 266 g/mol. The summed E-state index contributed by atoms with van der Waals surface area (Å²) in [5.74, 6) is 1.83. The monoisotopic (exact) mass is 264 g/mol. The highest BCUT2D eigenvalue weighted by Crippen LogP contribution is 2.51. The molecule has 0 unspecified atom stereocenters. The molecule has 2 aliphatic carbocycles. The van der Waals surface area contributed by atoms with E-state index in [0.29, 0.717) is 0 Å². The van der Waals surface area contributed by atoms with E-state index in [2.05, 4.69) is 31.9 Å². The number of rotatable bonds is 0. The van der Waals surface area contributed by atoms with Crippen molar-refractivity contribution in [1.29, 1.82) is 0 Å². The Morgan fingerprint density at radius 2 is 1.40 bits per heavy atom. The van der Waals surface area contributed by atoms with E-state index in [1.54, 1.807) is 5.57 Å². The number of hydrogen-bond acceptors (Lipinski definition) is 0. The van der Waals surface area contributed by atoms with Crippen molar-refractivity contribution in [1.82, 2.24) is 0 Å². The zero-order valence-electron chi connectivity index (χ0n) is 5.74. The predicted molar refractivity (Wildman–Crippen MR) is 50.3 cm³/mol. The molecule has 56 valence electrons. The van der Waals surface area contributed by atoms with Crippen molar-refractivity contribution < 1.29 is 0 Å². The summed E-state index contributed by atoms with van der Waals surface area (Å²) in [6.45, 7) is 0. The summed E-state index contributed by atoms with van der Waals surface area (Å²) in [5, 5.41) is 0. The van der Waals surface area contributed by atoms with Gasteiger partial charge in [0.2, 0.25) is 0 Å². The molecule has 0 atom stereocenters. The highest BCUT2D eigenvalue weighted by molar-refractivity contribution is 9.28. The van der Waals surface area contributed by atoms with Gasteiger partial charge in [-0.2, -0.15) is 0 Å². The van der Waals surface area contributed by atoms with Crippen molar-refractivity contribution in [3.8, 4) is 0 Å². The number of halogens is 2. The first-order valence-corrected chi connectivity index (χ1v) is 5.42. The fraction of sp³-hybridized carbons (Fsp3) is 0.750. The van der Waals surface area contributed by atoms with Gasteiger partial charge in [-0.15, -0.1) is 0 Å². The van der Waals surface area contributed by atoms with Gasteiger partial charge in [0.25, 0.3) is 0 Å². The van der Waals surface area contributed by atoms with Crippen LogP contribution in [0.5, 0.6) is 0 Å². The lowest BCUT2D eigenvalue weighted by Crippen LogP contribution is -1.90. The van der Waals surface area contributed by atoms with Crippen LogP contribution in [0, 0.1) is 11.8 Å². The van der Waals surface area contributed by atoms with Crippen molar-refractivity contribution in [3.63, 3.8) is 0 Å². The zero-order valence-corrected chi connectivity index (χ0v) is 8.91. The summed E-state index contributed by atoms with van der Waals surface area (Å²) in [6, 6.07) is 0. The van der Waals surface area contributed by atoms with Crippen molar-refractivity contribution in [2.75, 3.05) is 0 Å². The number of fused-ring (bicyclic) bond motifs is 2. The van der Waals surface area contributed by atoms with E-state index in [-0.39, 0.29) is 0 Å². The minimum absolute atomic E-state index is 0.916. The standard InChI is InChI=1S/C8H10Br2/c9-8(10)7-5-1-2-6(7)4-3-5/h5-6H,1-4H2. The van der Waals surface area contributed by atoms with Gasteiger partial charge in [0.15, 0.2) is 0 Å². The normalized spacial score (nSPS) is 37.2. The topological polar surface area (TPSA) is 0 Å². The minimum atomic E-state index is 0.916. The smallest absolute Gasteiger partial charge is 0.0460 e. The molecule has 2 aliphatic rings. The Balaban J connectivity index is 2.33. The predicted octanol–water partition coefficient (Wildman–Crippen LogP) is 3.81. The molecule has 0 nitrogen and oxygen atoms in total. The highest BCUT2D eigenvalue weighted by Gasteiger charge is 2.37. The molecule has 2 rings (SSSR count).